The van der Waals surface area contributed by atoms with Gasteiger partial charge in [0.05, 0.1) is 16.5 Å². The van der Waals surface area contributed by atoms with Crippen LogP contribution >= 0.6 is 11.3 Å². The number of rotatable bonds is 7. The number of amides is 2. The minimum atomic E-state index is -1.05. The van der Waals surface area contributed by atoms with Crippen LogP contribution in [0, 0.1) is 17.2 Å². The fraction of sp³-hybridized carbons (Fsp3) is 0.300. The summed E-state index contributed by atoms with van der Waals surface area (Å²) in [6.07, 6.45) is -1.05. The first-order valence-electron chi connectivity index (χ1n) is 8.67. The number of anilines is 1. The largest absolute Gasteiger partial charge is 0.451 e. The van der Waals surface area contributed by atoms with Crippen LogP contribution in [0.2, 0.25) is 0 Å². The van der Waals surface area contributed by atoms with Gasteiger partial charge in [-0.15, -0.1) is 11.3 Å². The highest BCUT2D eigenvalue weighted by atomic mass is 32.1. The summed E-state index contributed by atoms with van der Waals surface area (Å²) in [5.74, 6) is -1.77. The van der Waals surface area contributed by atoms with Crippen LogP contribution in [0.1, 0.15) is 36.0 Å². The van der Waals surface area contributed by atoms with Gasteiger partial charge in [0.25, 0.3) is 11.8 Å². The Hall–Kier alpha value is -3.18. The van der Waals surface area contributed by atoms with Crippen LogP contribution in [0.25, 0.3) is 0 Å². The molecule has 0 bridgehead atoms. The quantitative estimate of drug-likeness (QED) is 0.696. The molecule has 0 saturated heterocycles. The molecule has 1 heterocycles. The number of ether oxygens (including phenoxy) is 1. The summed E-state index contributed by atoms with van der Waals surface area (Å²) in [5, 5.41) is 15.8. The van der Waals surface area contributed by atoms with Crippen molar-refractivity contribution in [2.45, 2.75) is 32.9 Å². The predicted molar refractivity (Wildman–Crippen MR) is 106 cm³/mol. The SMILES string of the molecule is CC(C)[C@H](NC(=O)c1cccs1)C(=O)O[C@H](C)C(=O)Nc1ccc(C#N)cc1. The third-order valence-electron chi connectivity index (χ3n) is 3.90. The Labute approximate surface area is 167 Å². The molecule has 0 aliphatic carbocycles. The Bertz CT molecular complexity index is 870. The van der Waals surface area contributed by atoms with E-state index in [0.29, 0.717) is 16.1 Å². The number of hydrogen-bond donors (Lipinski definition) is 2. The van der Waals surface area contributed by atoms with Crippen molar-refractivity contribution in [3.05, 3.63) is 52.2 Å². The van der Waals surface area contributed by atoms with E-state index in [2.05, 4.69) is 10.6 Å². The molecule has 0 spiro atoms. The van der Waals surface area contributed by atoms with Gasteiger partial charge in [-0.3, -0.25) is 9.59 Å². The molecular weight excluding hydrogens is 378 g/mol. The maximum atomic E-state index is 12.5. The fourth-order valence-corrected chi connectivity index (χ4v) is 2.92. The number of thiophene rings is 1. The Morgan fingerprint density at radius 3 is 2.32 bits per heavy atom. The van der Waals surface area contributed by atoms with Crippen LogP contribution in [-0.2, 0) is 14.3 Å². The summed E-state index contributed by atoms with van der Waals surface area (Å²) in [7, 11) is 0. The molecule has 7 nitrogen and oxygen atoms in total. The normalized spacial score (nSPS) is 12.5. The van der Waals surface area contributed by atoms with Crippen molar-refractivity contribution in [2.24, 2.45) is 5.92 Å². The minimum Gasteiger partial charge on any atom is -0.451 e. The van der Waals surface area contributed by atoms with Crippen LogP contribution in [0.4, 0.5) is 5.69 Å². The molecule has 0 aliphatic rings. The van der Waals surface area contributed by atoms with Crippen molar-refractivity contribution in [3.8, 4) is 6.07 Å². The molecule has 0 fully saturated rings. The van der Waals surface area contributed by atoms with Gasteiger partial charge in [0.15, 0.2) is 6.10 Å². The first-order chi connectivity index (χ1) is 13.3. The smallest absolute Gasteiger partial charge is 0.329 e. The summed E-state index contributed by atoms with van der Waals surface area (Å²) in [5.41, 5.74) is 0.956. The molecule has 146 valence electrons. The maximum absolute atomic E-state index is 12.5. The third-order valence-corrected chi connectivity index (χ3v) is 4.76. The van der Waals surface area contributed by atoms with Crippen LogP contribution < -0.4 is 10.6 Å². The molecule has 0 radical (unpaired) electrons. The van der Waals surface area contributed by atoms with E-state index in [1.165, 1.54) is 18.3 Å². The molecule has 2 N–H and O–H groups in total. The Kier molecular flexibility index (Phi) is 7.29. The van der Waals surface area contributed by atoms with E-state index in [0.717, 1.165) is 0 Å². The average molecular weight is 399 g/mol. The number of benzene rings is 1. The molecule has 8 heteroatoms. The second-order valence-corrected chi connectivity index (χ2v) is 7.38. The lowest BCUT2D eigenvalue weighted by molar-refractivity contribution is -0.156. The zero-order chi connectivity index (χ0) is 20.7. The van der Waals surface area contributed by atoms with Crippen molar-refractivity contribution in [3.63, 3.8) is 0 Å². The summed E-state index contributed by atoms with van der Waals surface area (Å²) < 4.78 is 5.26. The van der Waals surface area contributed by atoms with Crippen molar-refractivity contribution < 1.29 is 19.1 Å². The monoisotopic (exact) mass is 399 g/mol. The van der Waals surface area contributed by atoms with Gasteiger partial charge in [-0.25, -0.2) is 4.79 Å². The molecule has 1 aromatic heterocycles. The molecule has 0 unspecified atom stereocenters. The minimum absolute atomic E-state index is 0.217. The van der Waals surface area contributed by atoms with Gasteiger partial charge < -0.3 is 15.4 Å². The second-order valence-electron chi connectivity index (χ2n) is 6.43. The van der Waals surface area contributed by atoms with Gasteiger partial charge in [-0.2, -0.15) is 5.26 Å². The Morgan fingerprint density at radius 1 is 1.11 bits per heavy atom. The molecule has 1 aromatic carbocycles. The third kappa shape index (κ3) is 5.66. The Morgan fingerprint density at radius 2 is 1.79 bits per heavy atom. The molecule has 2 amide bonds. The fourth-order valence-electron chi connectivity index (χ4n) is 2.29. The molecule has 2 aromatic rings. The lowest BCUT2D eigenvalue weighted by Gasteiger charge is -2.22. The second kappa shape index (κ2) is 9.67. The maximum Gasteiger partial charge on any atom is 0.329 e. The summed E-state index contributed by atoms with van der Waals surface area (Å²) in [6.45, 7) is 5.01. The summed E-state index contributed by atoms with van der Waals surface area (Å²) >= 11 is 1.27. The van der Waals surface area contributed by atoms with Gasteiger partial charge >= 0.3 is 5.97 Å². The van der Waals surface area contributed by atoms with Gasteiger partial charge in [-0.1, -0.05) is 19.9 Å². The van der Waals surface area contributed by atoms with Crippen molar-refractivity contribution >= 4 is 34.8 Å². The van der Waals surface area contributed by atoms with Crippen molar-refractivity contribution in [1.29, 1.82) is 5.26 Å². The lowest BCUT2D eigenvalue weighted by atomic mass is 10.0. The van der Waals surface area contributed by atoms with Gasteiger partial charge in [-0.05, 0) is 48.6 Å². The van der Waals surface area contributed by atoms with Gasteiger partial charge in [0.2, 0.25) is 0 Å². The summed E-state index contributed by atoms with van der Waals surface area (Å²) in [6, 6.07) is 10.8. The average Bonchev–Trinajstić information content (AvgIpc) is 3.21. The number of esters is 1. The van der Waals surface area contributed by atoms with Crippen molar-refractivity contribution in [1.82, 2.24) is 5.32 Å². The number of nitrogens with zero attached hydrogens (tertiary/aromatic N) is 1. The number of nitriles is 1. The molecule has 0 saturated carbocycles. The predicted octanol–water partition coefficient (Wildman–Crippen LogP) is 2.94. The molecular formula is C20H21N3O4S. The first-order valence-corrected chi connectivity index (χ1v) is 9.55. The highest BCUT2D eigenvalue weighted by Crippen LogP contribution is 2.13. The van der Waals surface area contributed by atoms with E-state index in [1.807, 2.05) is 6.07 Å². The standard InChI is InChI=1S/C20H21N3O4S/c1-12(2)17(23-19(25)16-5-4-10-28-16)20(26)27-13(3)18(24)22-15-8-6-14(11-21)7-9-15/h4-10,12-13,17H,1-3H3,(H,22,24)(H,23,25)/t13-,17+/m1/s1. The summed E-state index contributed by atoms with van der Waals surface area (Å²) in [4.78, 5) is 37.5. The zero-order valence-corrected chi connectivity index (χ0v) is 16.6. The van der Waals surface area contributed by atoms with E-state index in [9.17, 15) is 14.4 Å². The molecule has 0 aliphatic heterocycles. The highest BCUT2D eigenvalue weighted by Gasteiger charge is 2.29. The lowest BCUT2D eigenvalue weighted by Crippen LogP contribution is -2.47. The van der Waals surface area contributed by atoms with Crippen LogP contribution in [0.3, 0.4) is 0 Å². The van der Waals surface area contributed by atoms with E-state index < -0.39 is 24.0 Å². The molecule has 2 rings (SSSR count). The number of hydrogen-bond acceptors (Lipinski definition) is 6. The first kappa shape index (κ1) is 21.1. The van der Waals surface area contributed by atoms with E-state index in [1.54, 1.807) is 55.6 Å². The Balaban J connectivity index is 1.96. The van der Waals surface area contributed by atoms with E-state index >= 15 is 0 Å². The highest BCUT2D eigenvalue weighted by molar-refractivity contribution is 7.12. The van der Waals surface area contributed by atoms with Crippen LogP contribution in [-0.4, -0.2) is 29.9 Å². The van der Waals surface area contributed by atoms with E-state index in [4.69, 9.17) is 10.00 Å². The zero-order valence-electron chi connectivity index (χ0n) is 15.8. The molecule has 28 heavy (non-hydrogen) atoms. The van der Waals surface area contributed by atoms with Crippen LogP contribution in [0.5, 0.6) is 0 Å². The van der Waals surface area contributed by atoms with E-state index in [-0.39, 0.29) is 11.8 Å². The van der Waals surface area contributed by atoms with Crippen LogP contribution in [0.15, 0.2) is 41.8 Å². The number of carbonyl (C=O) groups excluding carboxylic acids is 3. The van der Waals surface area contributed by atoms with Gasteiger partial charge in [0, 0.05) is 5.69 Å². The number of nitrogens with one attached hydrogen (secondary N) is 2. The number of carbonyl (C=O) groups is 3. The van der Waals surface area contributed by atoms with Gasteiger partial charge in [0.1, 0.15) is 6.04 Å². The molecule has 2 atom stereocenters. The van der Waals surface area contributed by atoms with Crippen molar-refractivity contribution in [2.75, 3.05) is 5.32 Å². The topological polar surface area (TPSA) is 108 Å².